The van der Waals surface area contributed by atoms with Gasteiger partial charge in [0.2, 0.25) is 0 Å². The van der Waals surface area contributed by atoms with E-state index in [4.69, 9.17) is 18.9 Å². The van der Waals surface area contributed by atoms with Crippen molar-refractivity contribution in [3.63, 3.8) is 0 Å². The van der Waals surface area contributed by atoms with Crippen molar-refractivity contribution in [2.75, 3.05) is 32.8 Å². The van der Waals surface area contributed by atoms with Crippen LogP contribution in [-0.2, 0) is 19.1 Å². The largest absolute Gasteiger partial charge is 0.497 e. The molecule has 0 saturated heterocycles. The summed E-state index contributed by atoms with van der Waals surface area (Å²) in [4.78, 5) is 35.9. The van der Waals surface area contributed by atoms with Crippen LogP contribution in [-0.4, -0.2) is 45.3 Å². The molecule has 0 spiro atoms. The zero-order chi connectivity index (χ0) is 21.9. The Morgan fingerprint density at radius 2 is 1.63 bits per heavy atom. The summed E-state index contributed by atoms with van der Waals surface area (Å²) < 4.78 is 20.2. The van der Waals surface area contributed by atoms with Crippen LogP contribution in [0.5, 0.6) is 11.5 Å². The van der Waals surface area contributed by atoms with Gasteiger partial charge >= 0.3 is 11.9 Å². The van der Waals surface area contributed by atoms with E-state index in [0.717, 1.165) is 0 Å². The van der Waals surface area contributed by atoms with E-state index in [1.807, 2.05) is 0 Å². The van der Waals surface area contributed by atoms with Gasteiger partial charge in [-0.3, -0.25) is 4.79 Å². The number of esters is 2. The predicted octanol–water partition coefficient (Wildman–Crippen LogP) is 3.08. The highest BCUT2D eigenvalue weighted by Crippen LogP contribution is 2.23. The van der Waals surface area contributed by atoms with Crippen molar-refractivity contribution < 1.29 is 33.3 Å². The van der Waals surface area contributed by atoms with Gasteiger partial charge in [0.1, 0.15) is 11.5 Å². The highest BCUT2D eigenvalue weighted by molar-refractivity contribution is 6.02. The minimum atomic E-state index is -0.703. The quantitative estimate of drug-likeness (QED) is 0.498. The summed E-state index contributed by atoms with van der Waals surface area (Å²) in [5, 5.41) is 2.53. The Labute approximate surface area is 174 Å². The molecule has 0 atom stereocenters. The molecule has 8 nitrogen and oxygen atoms in total. The molecular weight excluding hydrogens is 390 g/mol. The lowest BCUT2D eigenvalue weighted by Gasteiger charge is -2.10. The molecule has 0 aliphatic heterocycles. The number of benzene rings is 2. The zero-order valence-electron chi connectivity index (χ0n) is 17.0. The van der Waals surface area contributed by atoms with Gasteiger partial charge in [0.15, 0.2) is 6.61 Å². The van der Waals surface area contributed by atoms with E-state index >= 15 is 0 Å². The van der Waals surface area contributed by atoms with E-state index in [2.05, 4.69) is 5.32 Å². The minimum absolute atomic E-state index is 0.213. The second kappa shape index (κ2) is 11.3. The molecule has 0 unspecified atom stereocenters. The van der Waals surface area contributed by atoms with Crippen molar-refractivity contribution in [2.45, 2.75) is 6.92 Å². The molecule has 0 aliphatic rings. The number of amides is 1. The molecule has 0 saturated carbocycles. The topological polar surface area (TPSA) is 100 Å². The van der Waals surface area contributed by atoms with Gasteiger partial charge in [0, 0.05) is 12.1 Å². The van der Waals surface area contributed by atoms with Gasteiger partial charge in [-0.15, -0.1) is 0 Å². The second-order valence-electron chi connectivity index (χ2n) is 5.90. The summed E-state index contributed by atoms with van der Waals surface area (Å²) in [5.41, 5.74) is 1.15. The maximum absolute atomic E-state index is 12.1. The third kappa shape index (κ3) is 6.66. The summed E-state index contributed by atoms with van der Waals surface area (Å²) in [7, 11) is 3.05. The molecule has 2 aromatic rings. The maximum atomic E-state index is 12.1. The first-order valence-corrected chi connectivity index (χ1v) is 9.10. The van der Waals surface area contributed by atoms with Crippen LogP contribution in [0.3, 0.4) is 0 Å². The van der Waals surface area contributed by atoms with Crippen LogP contribution in [0.2, 0.25) is 0 Å². The summed E-state index contributed by atoms with van der Waals surface area (Å²) in [6.45, 7) is 1.39. The Hall–Kier alpha value is -3.81. The van der Waals surface area contributed by atoms with Crippen LogP contribution in [0, 0.1) is 0 Å². The summed E-state index contributed by atoms with van der Waals surface area (Å²) in [5.74, 6) is -0.701. The fraction of sp³-hybridized carbons (Fsp3) is 0.227. The van der Waals surface area contributed by atoms with E-state index in [1.54, 1.807) is 43.3 Å². The fourth-order valence-corrected chi connectivity index (χ4v) is 2.44. The monoisotopic (exact) mass is 413 g/mol. The lowest BCUT2D eigenvalue weighted by atomic mass is 10.2. The zero-order valence-corrected chi connectivity index (χ0v) is 17.0. The fourth-order valence-electron chi connectivity index (χ4n) is 2.44. The number of rotatable bonds is 9. The van der Waals surface area contributed by atoms with E-state index < -0.39 is 24.5 Å². The number of ether oxygens (including phenoxy) is 4. The number of hydrogen-bond acceptors (Lipinski definition) is 7. The van der Waals surface area contributed by atoms with Crippen molar-refractivity contribution in [3.8, 4) is 11.5 Å². The van der Waals surface area contributed by atoms with E-state index in [1.165, 1.54) is 32.4 Å². The number of anilines is 1. The molecule has 158 valence electrons. The standard InChI is InChI=1S/C22H23NO7/c1-4-29-22(26)18-7-5-6-8-19(18)23-20(24)14-30-21(25)10-9-15-11-16(27-2)13-17(12-15)28-3/h5-13H,4,14H2,1-3H3,(H,23,24)/b10-9+. The third-order valence-corrected chi connectivity index (χ3v) is 3.83. The van der Waals surface area contributed by atoms with Crippen LogP contribution < -0.4 is 14.8 Å². The molecule has 0 bridgehead atoms. The van der Waals surface area contributed by atoms with Gasteiger partial charge in [-0.1, -0.05) is 12.1 Å². The predicted molar refractivity (Wildman–Crippen MR) is 111 cm³/mol. The van der Waals surface area contributed by atoms with Crippen LogP contribution in [0.15, 0.2) is 48.5 Å². The summed E-state index contributed by atoms with van der Waals surface area (Å²) in [6.07, 6.45) is 2.70. The third-order valence-electron chi connectivity index (χ3n) is 3.83. The first-order chi connectivity index (χ1) is 14.5. The van der Waals surface area contributed by atoms with Crippen LogP contribution in [0.25, 0.3) is 6.08 Å². The highest BCUT2D eigenvalue weighted by atomic mass is 16.5. The number of carbonyl (C=O) groups is 3. The molecular formula is C22H23NO7. The average molecular weight is 413 g/mol. The Kier molecular flexibility index (Phi) is 8.43. The number of hydrogen-bond donors (Lipinski definition) is 1. The molecule has 2 rings (SSSR count). The molecule has 2 aromatic carbocycles. The second-order valence-corrected chi connectivity index (χ2v) is 5.90. The molecule has 8 heteroatoms. The first kappa shape index (κ1) is 22.5. The van der Waals surface area contributed by atoms with Crippen molar-refractivity contribution >= 4 is 29.6 Å². The number of para-hydroxylation sites is 1. The van der Waals surface area contributed by atoms with Gasteiger partial charge in [0.05, 0.1) is 32.1 Å². The van der Waals surface area contributed by atoms with Crippen LogP contribution in [0.4, 0.5) is 5.69 Å². The van der Waals surface area contributed by atoms with Crippen molar-refractivity contribution in [1.82, 2.24) is 0 Å². The maximum Gasteiger partial charge on any atom is 0.340 e. The average Bonchev–Trinajstić information content (AvgIpc) is 2.76. The van der Waals surface area contributed by atoms with Gasteiger partial charge in [-0.05, 0) is 42.8 Å². The number of nitrogens with one attached hydrogen (secondary N) is 1. The molecule has 1 amide bonds. The molecule has 0 heterocycles. The van der Waals surface area contributed by atoms with E-state index in [-0.39, 0.29) is 17.9 Å². The van der Waals surface area contributed by atoms with Crippen LogP contribution in [0.1, 0.15) is 22.8 Å². The molecule has 0 radical (unpaired) electrons. The Morgan fingerprint density at radius 1 is 0.967 bits per heavy atom. The first-order valence-electron chi connectivity index (χ1n) is 9.10. The molecule has 1 N–H and O–H groups in total. The Morgan fingerprint density at radius 3 is 2.27 bits per heavy atom. The molecule has 0 aromatic heterocycles. The van der Waals surface area contributed by atoms with Crippen LogP contribution >= 0.6 is 0 Å². The highest BCUT2D eigenvalue weighted by Gasteiger charge is 2.14. The molecule has 0 aliphatic carbocycles. The van der Waals surface area contributed by atoms with Gasteiger partial charge in [-0.2, -0.15) is 0 Å². The normalized spacial score (nSPS) is 10.4. The lowest BCUT2D eigenvalue weighted by molar-refractivity contribution is -0.142. The van der Waals surface area contributed by atoms with E-state index in [9.17, 15) is 14.4 Å². The Bertz CT molecular complexity index is 915. The van der Waals surface area contributed by atoms with Gasteiger partial charge < -0.3 is 24.3 Å². The smallest absolute Gasteiger partial charge is 0.340 e. The van der Waals surface area contributed by atoms with Gasteiger partial charge in [0.25, 0.3) is 5.91 Å². The Balaban J connectivity index is 1.93. The van der Waals surface area contributed by atoms with Crippen molar-refractivity contribution in [1.29, 1.82) is 0 Å². The van der Waals surface area contributed by atoms with Crippen molar-refractivity contribution in [2.24, 2.45) is 0 Å². The lowest BCUT2D eigenvalue weighted by Crippen LogP contribution is -2.21. The molecule has 30 heavy (non-hydrogen) atoms. The summed E-state index contributed by atoms with van der Waals surface area (Å²) in [6, 6.07) is 11.5. The summed E-state index contributed by atoms with van der Waals surface area (Å²) >= 11 is 0. The molecule has 0 fully saturated rings. The van der Waals surface area contributed by atoms with Gasteiger partial charge in [-0.25, -0.2) is 9.59 Å². The number of carbonyl (C=O) groups excluding carboxylic acids is 3. The minimum Gasteiger partial charge on any atom is -0.497 e. The SMILES string of the molecule is CCOC(=O)c1ccccc1NC(=O)COC(=O)/C=C/c1cc(OC)cc(OC)c1. The van der Waals surface area contributed by atoms with Crippen molar-refractivity contribution in [3.05, 3.63) is 59.7 Å². The van der Waals surface area contributed by atoms with E-state index in [0.29, 0.717) is 17.1 Å². The number of methoxy groups -OCH3 is 2.